The highest BCUT2D eigenvalue weighted by Crippen LogP contribution is 3.21. The Labute approximate surface area is 141 Å². The quantitative estimate of drug-likeness (QED) is 0.603. The van der Waals surface area contributed by atoms with E-state index in [1.165, 1.54) is 71.0 Å². The molecule has 0 amide bonds. The molecule has 14 fully saturated rings. The molecule has 14 saturated carbocycles. The Bertz CT molecular complexity index is 953. The molecule has 0 aromatic rings. The van der Waals surface area contributed by atoms with Crippen LogP contribution >= 0.6 is 0 Å². The van der Waals surface area contributed by atoms with Crippen molar-refractivity contribution in [1.82, 2.24) is 0 Å². The summed E-state index contributed by atoms with van der Waals surface area (Å²) in [4.78, 5) is 0. The molecule has 0 heteroatoms. The van der Waals surface area contributed by atoms with E-state index in [0.717, 1.165) is 45.3 Å². The Morgan fingerprint density at radius 3 is 1.29 bits per heavy atom. The van der Waals surface area contributed by atoms with Gasteiger partial charge in [-0.25, -0.2) is 0 Å². The fourth-order valence-corrected chi connectivity index (χ4v) is 18.6. The molecule has 0 heterocycles. The van der Waals surface area contributed by atoms with Crippen LogP contribution in [0.1, 0.15) is 0 Å². The van der Waals surface area contributed by atoms with E-state index in [1.54, 1.807) is 0 Å². The lowest BCUT2D eigenvalue weighted by atomic mass is 9.46. The van der Waals surface area contributed by atoms with Crippen molar-refractivity contribution in [3.05, 3.63) is 24.3 Å². The third kappa shape index (κ3) is 0.333. The number of rotatable bonds is 0. The summed E-state index contributed by atoms with van der Waals surface area (Å²) in [7, 11) is 0. The van der Waals surface area contributed by atoms with Crippen LogP contribution in [0.25, 0.3) is 0 Å². The van der Waals surface area contributed by atoms with Crippen LogP contribution in [0, 0.1) is 116 Å². The second kappa shape index (κ2) is 1.82. The summed E-state index contributed by atoms with van der Waals surface area (Å²) in [5.74, 6) is 19.4. The Morgan fingerprint density at radius 2 is 0.792 bits per heavy atom. The highest BCUT2D eigenvalue weighted by Gasteiger charge is 3.18. The summed E-state index contributed by atoms with van der Waals surface area (Å²) < 4.78 is 0. The van der Waals surface area contributed by atoms with Crippen LogP contribution in [0.5, 0.6) is 0 Å². The van der Waals surface area contributed by atoms with E-state index in [2.05, 4.69) is 24.3 Å². The van der Waals surface area contributed by atoms with Gasteiger partial charge < -0.3 is 0 Å². The number of hydrogen-bond donors (Lipinski definition) is 0. The van der Waals surface area contributed by atoms with Crippen LogP contribution in [-0.4, -0.2) is 0 Å². The largest absolute Gasteiger partial charge is 0.0842 e. The van der Waals surface area contributed by atoms with E-state index >= 15 is 0 Å². The van der Waals surface area contributed by atoms with E-state index < -0.39 is 0 Å². The third-order valence-electron chi connectivity index (χ3n) is 15.7. The lowest BCUT2D eigenvalue weighted by Crippen LogP contribution is -2.55. The summed E-state index contributed by atoms with van der Waals surface area (Å²) in [5.41, 5.74) is 3.62. The molecule has 16 rings (SSSR count). The van der Waals surface area contributed by atoms with Gasteiger partial charge in [-0.05, 0) is 116 Å². The van der Waals surface area contributed by atoms with Crippen molar-refractivity contribution in [3.63, 3.8) is 0 Å². The van der Waals surface area contributed by atoms with Crippen LogP contribution in [0.3, 0.4) is 0 Å². The Morgan fingerprint density at radius 1 is 0.375 bits per heavy atom. The molecule has 0 aliphatic heterocycles. The standard InChI is InChI=1S/C24H20/c1-3-7-9-5(1)21-15-11(9)19-18-13(15)14-16-12-10-6-2-4-8(10)24(22(6,16)18,23(7,19)21)20(12)17(14)21/h1-20H/t5-,6?,7+,8?,9-,10?,11+,12?,13-,14?,15-,16?,17?,18-,19+,20?,21-,22?,23-,24?/m0/s1. The minimum atomic E-state index is 0.896. The topological polar surface area (TPSA) is 0 Å². The molecule has 20 atom stereocenters. The smallest absolute Gasteiger partial charge is 0.00589 e. The molecule has 0 N–H and O–H groups in total. The minimum absolute atomic E-state index is 0.896. The first-order valence-electron chi connectivity index (χ1n) is 11.3. The predicted molar refractivity (Wildman–Crippen MR) is 83.9 cm³/mol. The van der Waals surface area contributed by atoms with Crippen molar-refractivity contribution in [3.8, 4) is 0 Å². The maximum atomic E-state index is 2.85. The molecule has 0 aromatic carbocycles. The summed E-state index contributed by atoms with van der Waals surface area (Å²) in [5, 5.41) is 0. The summed E-state index contributed by atoms with van der Waals surface area (Å²) in [6.45, 7) is 0. The maximum Gasteiger partial charge on any atom is -0.00589 e. The van der Waals surface area contributed by atoms with Gasteiger partial charge in [-0.3, -0.25) is 0 Å². The van der Waals surface area contributed by atoms with E-state index in [9.17, 15) is 0 Å². The second-order valence-corrected chi connectivity index (χ2v) is 13.1. The molecule has 116 valence electrons. The highest BCUT2D eigenvalue weighted by atomic mass is 15.2. The van der Waals surface area contributed by atoms with Crippen LogP contribution in [-0.2, 0) is 0 Å². The van der Waals surface area contributed by atoms with E-state index in [1.807, 2.05) is 0 Å². The van der Waals surface area contributed by atoms with Crippen molar-refractivity contribution < 1.29 is 0 Å². The summed E-state index contributed by atoms with van der Waals surface area (Å²) in [6.07, 6.45) is 11.4. The van der Waals surface area contributed by atoms with Crippen molar-refractivity contribution in [2.24, 2.45) is 116 Å². The zero-order chi connectivity index (χ0) is 14.1. The lowest BCUT2D eigenvalue weighted by molar-refractivity contribution is -0.0896. The van der Waals surface area contributed by atoms with Gasteiger partial charge in [0, 0.05) is 0 Å². The third-order valence-corrected chi connectivity index (χ3v) is 15.7. The molecule has 16 bridgehead atoms. The number of hydrogen-bond acceptors (Lipinski definition) is 0. The predicted octanol–water partition coefficient (Wildman–Crippen LogP) is 3.08. The molecule has 0 saturated heterocycles. The zero-order valence-electron chi connectivity index (χ0n) is 13.5. The van der Waals surface area contributed by atoms with Gasteiger partial charge in [0.25, 0.3) is 0 Å². The first-order chi connectivity index (χ1) is 11.9. The Hall–Kier alpha value is -0.520. The summed E-state index contributed by atoms with van der Waals surface area (Å²) in [6, 6.07) is 0. The van der Waals surface area contributed by atoms with Crippen LogP contribution in [0.2, 0.25) is 0 Å². The van der Waals surface area contributed by atoms with Crippen LogP contribution in [0.15, 0.2) is 24.3 Å². The van der Waals surface area contributed by atoms with Crippen molar-refractivity contribution in [1.29, 1.82) is 0 Å². The Kier molecular flexibility index (Phi) is 0.715. The molecule has 24 heavy (non-hydrogen) atoms. The van der Waals surface area contributed by atoms with E-state index in [-0.39, 0.29) is 0 Å². The van der Waals surface area contributed by atoms with Gasteiger partial charge in [-0.1, -0.05) is 24.3 Å². The minimum Gasteiger partial charge on any atom is -0.0842 e. The van der Waals surface area contributed by atoms with E-state index in [0.29, 0.717) is 0 Å². The van der Waals surface area contributed by atoms with E-state index in [4.69, 9.17) is 0 Å². The monoisotopic (exact) mass is 308 g/mol. The molecule has 0 aromatic heterocycles. The van der Waals surface area contributed by atoms with Crippen molar-refractivity contribution >= 4 is 0 Å². The van der Waals surface area contributed by atoms with Crippen LogP contribution in [0.4, 0.5) is 0 Å². The van der Waals surface area contributed by atoms with Gasteiger partial charge in [0.15, 0.2) is 0 Å². The highest BCUT2D eigenvalue weighted by molar-refractivity contribution is 5.68. The molecule has 0 nitrogen and oxygen atoms in total. The molecule has 0 radical (unpaired) electrons. The van der Waals surface area contributed by atoms with Gasteiger partial charge >= 0.3 is 0 Å². The van der Waals surface area contributed by atoms with Gasteiger partial charge in [-0.15, -0.1) is 0 Å². The van der Waals surface area contributed by atoms with Crippen LogP contribution < -0.4 is 0 Å². The molecule has 10 unspecified atom stereocenters. The van der Waals surface area contributed by atoms with Gasteiger partial charge in [0.2, 0.25) is 0 Å². The lowest BCUT2D eigenvalue weighted by Gasteiger charge is -2.57. The van der Waals surface area contributed by atoms with Gasteiger partial charge in [0.05, 0.1) is 0 Å². The summed E-state index contributed by atoms with van der Waals surface area (Å²) >= 11 is 0. The van der Waals surface area contributed by atoms with Gasteiger partial charge in [-0.2, -0.15) is 0 Å². The Balaban J connectivity index is 1.45. The first kappa shape index (κ1) is 9.43. The van der Waals surface area contributed by atoms with Gasteiger partial charge in [0.1, 0.15) is 0 Å². The average molecular weight is 308 g/mol. The SMILES string of the molecule is C1=CC2C3C4C5C6C7C4C24C5(C13)[C@H]1[C@@H]6[C@@H]2[C@H]3[C@@H]5[C@H]6C=C[C@@H]5[C@@]72[C@@]64[C@H]31. The number of allylic oxidation sites excluding steroid dienone is 4. The van der Waals surface area contributed by atoms with Crippen molar-refractivity contribution in [2.75, 3.05) is 0 Å². The second-order valence-electron chi connectivity index (χ2n) is 13.1. The molecular weight excluding hydrogens is 288 g/mol. The molecule has 4 spiro atoms. The average Bonchev–Trinajstić information content (AvgIpc) is 3.34. The fraction of sp³-hybridized carbons (Fsp3) is 0.833. The molecular formula is C24H20. The first-order valence-corrected chi connectivity index (χ1v) is 11.3. The normalized spacial score (nSPS) is 107. The maximum absolute atomic E-state index is 2.85. The van der Waals surface area contributed by atoms with Crippen molar-refractivity contribution in [2.45, 2.75) is 0 Å². The zero-order valence-corrected chi connectivity index (χ0v) is 13.5. The molecule has 16 aliphatic rings. The molecule has 16 aliphatic carbocycles. The fourth-order valence-electron chi connectivity index (χ4n) is 18.6.